The molecule has 0 heterocycles. The predicted molar refractivity (Wildman–Crippen MR) is 57.4 cm³/mol. The smallest absolute Gasteiger partial charge is 0.461 e. The molecule has 0 atom stereocenters. The summed E-state index contributed by atoms with van der Waals surface area (Å²) in [5.74, 6) is -7.73. The molecule has 1 aromatic rings. The lowest BCUT2D eigenvalue weighted by atomic mass is 10.2. The molecule has 0 bridgehead atoms. The van der Waals surface area contributed by atoms with Crippen molar-refractivity contribution in [1.82, 2.24) is 0 Å². The summed E-state index contributed by atoms with van der Waals surface area (Å²) >= 11 is 0. The maximum Gasteiger partial charge on any atom is 0.461 e. The maximum atomic E-state index is 12.5. The molecule has 0 amide bonds. The number of hydrogen-bond acceptors (Lipinski definition) is 2. The van der Waals surface area contributed by atoms with E-state index >= 15 is 0 Å². The van der Waals surface area contributed by atoms with Gasteiger partial charge in [0.05, 0.1) is 6.26 Å². The Hall–Kier alpha value is -1.92. The van der Waals surface area contributed by atoms with Crippen LogP contribution in [0.4, 0.5) is 22.0 Å². The third kappa shape index (κ3) is 4.04. The van der Waals surface area contributed by atoms with Gasteiger partial charge in [0.25, 0.3) is 0 Å². The number of Topliss-reactive ketones (excluding diaryl/α,β-unsaturated/α-hetero) is 1. The first-order valence-electron chi connectivity index (χ1n) is 5.06. The van der Waals surface area contributed by atoms with E-state index in [-0.39, 0.29) is 0 Å². The maximum absolute atomic E-state index is 12.5. The van der Waals surface area contributed by atoms with Gasteiger partial charge >= 0.3 is 12.1 Å². The van der Waals surface area contributed by atoms with Gasteiger partial charge in [0.1, 0.15) is 0 Å². The Balaban J connectivity index is 2.50. The molecule has 19 heavy (non-hydrogen) atoms. The highest BCUT2D eigenvalue weighted by Gasteiger charge is 2.62. The largest absolute Gasteiger partial charge is 0.493 e. The zero-order valence-corrected chi connectivity index (χ0v) is 9.45. The van der Waals surface area contributed by atoms with E-state index in [2.05, 4.69) is 4.74 Å². The highest BCUT2D eigenvalue weighted by Crippen LogP contribution is 2.36. The molecule has 0 fully saturated rings. The third-order valence-electron chi connectivity index (χ3n) is 2.08. The van der Waals surface area contributed by atoms with Gasteiger partial charge in [-0.3, -0.25) is 4.79 Å². The zero-order valence-electron chi connectivity index (χ0n) is 9.45. The summed E-state index contributed by atoms with van der Waals surface area (Å²) in [6.07, 6.45) is -3.69. The van der Waals surface area contributed by atoms with Crippen molar-refractivity contribution < 1.29 is 31.5 Å². The molecule has 0 spiro atoms. The molecule has 0 N–H and O–H groups in total. The van der Waals surface area contributed by atoms with Gasteiger partial charge < -0.3 is 4.74 Å². The molecule has 0 saturated carbocycles. The van der Waals surface area contributed by atoms with Crippen LogP contribution in [0, 0.1) is 0 Å². The fraction of sp³-hybridized carbons (Fsp3) is 0.250. The summed E-state index contributed by atoms with van der Waals surface area (Å²) in [6.45, 7) is -1.35. The molecular formula is C12H9F5O2. The first kappa shape index (κ1) is 15.1. The Kier molecular flexibility index (Phi) is 4.63. The average Bonchev–Trinajstić information content (AvgIpc) is 2.34. The summed E-state index contributed by atoms with van der Waals surface area (Å²) in [7, 11) is 0. The molecule has 0 unspecified atom stereocenters. The lowest BCUT2D eigenvalue weighted by Crippen LogP contribution is -2.45. The van der Waals surface area contributed by atoms with Crippen molar-refractivity contribution >= 4 is 11.9 Å². The lowest BCUT2D eigenvalue weighted by Gasteiger charge is -2.17. The van der Waals surface area contributed by atoms with Crippen molar-refractivity contribution in [3.05, 3.63) is 42.2 Å². The standard InChI is InChI=1S/C12H9F5O2/c13-11(14,12(15,16)17)10(18)8-19-7-6-9-4-2-1-3-5-9/h1-7H,8H2. The van der Waals surface area contributed by atoms with Crippen LogP contribution in [0.15, 0.2) is 36.6 Å². The number of halogens is 5. The minimum absolute atomic E-state index is 0.650. The van der Waals surface area contributed by atoms with Crippen molar-refractivity contribution in [2.24, 2.45) is 0 Å². The highest BCUT2D eigenvalue weighted by molar-refractivity contribution is 5.87. The molecular weight excluding hydrogens is 271 g/mol. The van der Waals surface area contributed by atoms with E-state index in [1.807, 2.05) is 0 Å². The molecule has 2 nitrogen and oxygen atoms in total. The van der Waals surface area contributed by atoms with Gasteiger partial charge in [-0.1, -0.05) is 30.3 Å². The van der Waals surface area contributed by atoms with E-state index in [0.717, 1.165) is 6.26 Å². The van der Waals surface area contributed by atoms with Gasteiger partial charge in [-0.25, -0.2) is 0 Å². The number of hydrogen-bond donors (Lipinski definition) is 0. The zero-order chi connectivity index (χ0) is 14.5. The van der Waals surface area contributed by atoms with E-state index in [1.54, 1.807) is 30.3 Å². The van der Waals surface area contributed by atoms with E-state index in [1.165, 1.54) is 6.08 Å². The quantitative estimate of drug-likeness (QED) is 0.610. The van der Waals surface area contributed by atoms with Crippen molar-refractivity contribution in [3.63, 3.8) is 0 Å². The summed E-state index contributed by atoms with van der Waals surface area (Å²) in [6, 6.07) is 8.45. The van der Waals surface area contributed by atoms with Gasteiger partial charge in [0.2, 0.25) is 5.78 Å². The molecule has 0 aromatic heterocycles. The van der Waals surface area contributed by atoms with Crippen LogP contribution in [-0.4, -0.2) is 24.5 Å². The van der Waals surface area contributed by atoms with E-state index in [4.69, 9.17) is 0 Å². The van der Waals surface area contributed by atoms with Crippen molar-refractivity contribution in [2.45, 2.75) is 12.1 Å². The normalized spacial score (nSPS) is 12.7. The summed E-state index contributed by atoms with van der Waals surface area (Å²) < 4.78 is 64.8. The summed E-state index contributed by atoms with van der Waals surface area (Å²) in [4.78, 5) is 10.7. The van der Waals surface area contributed by atoms with Crippen LogP contribution in [0.2, 0.25) is 0 Å². The fourth-order valence-electron chi connectivity index (χ4n) is 1.06. The van der Waals surface area contributed by atoms with Crippen LogP contribution in [0.3, 0.4) is 0 Å². The predicted octanol–water partition coefficient (Wildman–Crippen LogP) is 3.44. The summed E-state index contributed by atoms with van der Waals surface area (Å²) in [5, 5.41) is 0. The van der Waals surface area contributed by atoms with E-state index in [0.29, 0.717) is 5.56 Å². The second-order valence-corrected chi connectivity index (χ2v) is 3.52. The van der Waals surface area contributed by atoms with Gasteiger partial charge in [0, 0.05) is 0 Å². The van der Waals surface area contributed by atoms with Gasteiger partial charge in [-0.15, -0.1) is 0 Å². The second-order valence-electron chi connectivity index (χ2n) is 3.52. The van der Waals surface area contributed by atoms with Gasteiger partial charge in [-0.2, -0.15) is 22.0 Å². The molecule has 1 rings (SSSR count). The Labute approximate surface area is 105 Å². The summed E-state index contributed by atoms with van der Waals surface area (Å²) in [5.41, 5.74) is 0.650. The van der Waals surface area contributed by atoms with Crippen molar-refractivity contribution in [3.8, 4) is 0 Å². The highest BCUT2D eigenvalue weighted by atomic mass is 19.4. The minimum atomic E-state index is -5.91. The van der Waals surface area contributed by atoms with Gasteiger partial charge in [-0.05, 0) is 11.6 Å². The van der Waals surface area contributed by atoms with Crippen LogP contribution >= 0.6 is 0 Å². The second kappa shape index (κ2) is 5.81. The molecule has 0 radical (unpaired) electrons. The number of rotatable bonds is 5. The number of benzene rings is 1. The van der Waals surface area contributed by atoms with Gasteiger partial charge in [0.15, 0.2) is 6.61 Å². The number of alkyl halides is 5. The minimum Gasteiger partial charge on any atom is -0.493 e. The van der Waals surface area contributed by atoms with Crippen LogP contribution in [0.1, 0.15) is 5.56 Å². The Morgan fingerprint density at radius 1 is 1.11 bits per heavy atom. The van der Waals surface area contributed by atoms with Crippen LogP contribution in [0.25, 0.3) is 6.08 Å². The monoisotopic (exact) mass is 280 g/mol. The lowest BCUT2D eigenvalue weighted by molar-refractivity contribution is -0.269. The first-order chi connectivity index (χ1) is 8.75. The number of ketones is 1. The number of ether oxygens (including phenoxy) is 1. The topological polar surface area (TPSA) is 26.3 Å². The molecule has 7 heteroatoms. The van der Waals surface area contributed by atoms with Crippen LogP contribution < -0.4 is 0 Å². The molecule has 0 aliphatic rings. The first-order valence-corrected chi connectivity index (χ1v) is 5.06. The number of carbonyl (C=O) groups excluding carboxylic acids is 1. The molecule has 104 valence electrons. The number of carbonyl (C=O) groups is 1. The molecule has 0 saturated heterocycles. The molecule has 0 aliphatic heterocycles. The molecule has 0 aliphatic carbocycles. The van der Waals surface area contributed by atoms with E-state index < -0.39 is 24.5 Å². The Bertz CT molecular complexity index is 451. The van der Waals surface area contributed by atoms with Crippen LogP contribution in [0.5, 0.6) is 0 Å². The van der Waals surface area contributed by atoms with Crippen molar-refractivity contribution in [1.29, 1.82) is 0 Å². The molecule has 1 aromatic carbocycles. The van der Waals surface area contributed by atoms with Crippen molar-refractivity contribution in [2.75, 3.05) is 6.61 Å². The van der Waals surface area contributed by atoms with Crippen LogP contribution in [-0.2, 0) is 9.53 Å². The Morgan fingerprint density at radius 2 is 1.68 bits per heavy atom. The average molecular weight is 280 g/mol. The fourth-order valence-corrected chi connectivity index (χ4v) is 1.06. The SMILES string of the molecule is O=C(COC=Cc1ccccc1)C(F)(F)C(F)(F)F. The Morgan fingerprint density at radius 3 is 2.21 bits per heavy atom. The third-order valence-corrected chi connectivity index (χ3v) is 2.08. The van der Waals surface area contributed by atoms with E-state index in [9.17, 15) is 26.7 Å².